The fourth-order valence-electron chi connectivity index (χ4n) is 2.96. The number of likely N-dealkylation sites (tertiary alicyclic amines) is 1. The Morgan fingerprint density at radius 2 is 2.25 bits per heavy atom. The van der Waals surface area contributed by atoms with Crippen molar-refractivity contribution in [2.75, 3.05) is 19.7 Å². The summed E-state index contributed by atoms with van der Waals surface area (Å²) in [5.74, 6) is -0.353. The number of carbonyl (C=O) groups is 2. The molecule has 0 saturated carbocycles. The van der Waals surface area contributed by atoms with E-state index in [-0.39, 0.29) is 25.0 Å². The predicted octanol–water partition coefficient (Wildman–Crippen LogP) is 1.44. The number of halogens is 1. The quantitative estimate of drug-likeness (QED) is 0.772. The Morgan fingerprint density at radius 3 is 2.88 bits per heavy atom. The molecule has 0 radical (unpaired) electrons. The van der Waals surface area contributed by atoms with Crippen LogP contribution in [-0.2, 0) is 4.74 Å². The molecule has 24 heavy (non-hydrogen) atoms. The SMILES string of the molecule is Cc1cc(F)ccc1C1CC(OC(=O)NCCO)CCN1C(N)=O. The van der Waals surface area contributed by atoms with Gasteiger partial charge in [0.2, 0.25) is 0 Å². The highest BCUT2D eigenvalue weighted by Gasteiger charge is 2.34. The minimum atomic E-state index is -0.615. The highest BCUT2D eigenvalue weighted by atomic mass is 19.1. The van der Waals surface area contributed by atoms with Crippen LogP contribution in [0.1, 0.15) is 30.0 Å². The molecule has 8 heteroatoms. The highest BCUT2D eigenvalue weighted by molar-refractivity contribution is 5.73. The van der Waals surface area contributed by atoms with Crippen molar-refractivity contribution in [3.8, 4) is 0 Å². The number of nitrogens with two attached hydrogens (primary N) is 1. The molecular weight excluding hydrogens is 317 g/mol. The summed E-state index contributed by atoms with van der Waals surface area (Å²) in [6.07, 6.45) is -0.168. The lowest BCUT2D eigenvalue weighted by atomic mass is 9.91. The summed E-state index contributed by atoms with van der Waals surface area (Å²) in [5.41, 5.74) is 6.93. The predicted molar refractivity (Wildman–Crippen MR) is 84.8 cm³/mol. The number of rotatable bonds is 4. The Bertz CT molecular complexity index is 611. The number of urea groups is 1. The maximum Gasteiger partial charge on any atom is 0.407 e. The van der Waals surface area contributed by atoms with Gasteiger partial charge in [-0.3, -0.25) is 0 Å². The topological polar surface area (TPSA) is 105 Å². The van der Waals surface area contributed by atoms with Crippen LogP contribution in [0.25, 0.3) is 0 Å². The number of aliphatic hydroxyl groups excluding tert-OH is 1. The van der Waals surface area contributed by atoms with E-state index in [1.807, 2.05) is 0 Å². The number of amides is 3. The number of piperidine rings is 1. The lowest BCUT2D eigenvalue weighted by Gasteiger charge is -2.39. The highest BCUT2D eigenvalue weighted by Crippen LogP contribution is 2.34. The zero-order chi connectivity index (χ0) is 17.7. The van der Waals surface area contributed by atoms with E-state index in [2.05, 4.69) is 5.32 Å². The number of hydrogen-bond donors (Lipinski definition) is 3. The molecule has 0 spiro atoms. The summed E-state index contributed by atoms with van der Waals surface area (Å²) in [6.45, 7) is 2.04. The molecule has 0 aromatic heterocycles. The molecule has 1 fully saturated rings. The smallest absolute Gasteiger partial charge is 0.407 e. The molecule has 2 unspecified atom stereocenters. The first-order valence-corrected chi connectivity index (χ1v) is 7.80. The molecule has 4 N–H and O–H groups in total. The average molecular weight is 339 g/mol. The number of nitrogens with one attached hydrogen (secondary N) is 1. The van der Waals surface area contributed by atoms with E-state index in [1.165, 1.54) is 17.0 Å². The zero-order valence-corrected chi connectivity index (χ0v) is 13.5. The van der Waals surface area contributed by atoms with Gasteiger partial charge in [-0.25, -0.2) is 14.0 Å². The molecule has 2 atom stereocenters. The minimum absolute atomic E-state index is 0.111. The summed E-state index contributed by atoms with van der Waals surface area (Å²) < 4.78 is 18.7. The van der Waals surface area contributed by atoms with Gasteiger partial charge in [0.05, 0.1) is 12.6 Å². The number of primary amides is 1. The number of aryl methyl sites for hydroxylation is 1. The first kappa shape index (κ1) is 18.0. The monoisotopic (exact) mass is 339 g/mol. The number of nitrogens with zero attached hydrogens (tertiary/aromatic N) is 1. The van der Waals surface area contributed by atoms with Gasteiger partial charge in [-0.1, -0.05) is 6.07 Å². The second-order valence-corrected chi connectivity index (χ2v) is 5.75. The lowest BCUT2D eigenvalue weighted by molar-refractivity contribution is 0.0364. The van der Waals surface area contributed by atoms with Gasteiger partial charge in [-0.05, 0) is 30.2 Å². The van der Waals surface area contributed by atoms with E-state index in [0.29, 0.717) is 24.9 Å². The van der Waals surface area contributed by atoms with Crippen molar-refractivity contribution >= 4 is 12.1 Å². The first-order valence-electron chi connectivity index (χ1n) is 7.80. The Kier molecular flexibility index (Phi) is 5.97. The van der Waals surface area contributed by atoms with Crippen LogP contribution in [0.15, 0.2) is 18.2 Å². The fraction of sp³-hybridized carbons (Fsp3) is 0.500. The van der Waals surface area contributed by atoms with E-state index in [4.69, 9.17) is 15.6 Å². The van der Waals surface area contributed by atoms with Gasteiger partial charge in [0.25, 0.3) is 0 Å². The van der Waals surface area contributed by atoms with E-state index < -0.39 is 18.2 Å². The molecule has 3 amide bonds. The van der Waals surface area contributed by atoms with E-state index in [1.54, 1.807) is 13.0 Å². The van der Waals surface area contributed by atoms with Gasteiger partial charge in [0, 0.05) is 25.9 Å². The van der Waals surface area contributed by atoms with E-state index >= 15 is 0 Å². The molecule has 7 nitrogen and oxygen atoms in total. The van der Waals surface area contributed by atoms with Crippen LogP contribution in [0.4, 0.5) is 14.0 Å². The molecule has 2 rings (SSSR count). The van der Waals surface area contributed by atoms with Crippen molar-refractivity contribution in [1.82, 2.24) is 10.2 Å². The van der Waals surface area contributed by atoms with Crippen molar-refractivity contribution < 1.29 is 23.8 Å². The van der Waals surface area contributed by atoms with Gasteiger partial charge < -0.3 is 25.8 Å². The molecule has 1 saturated heterocycles. The largest absolute Gasteiger partial charge is 0.446 e. The van der Waals surface area contributed by atoms with Crippen molar-refractivity contribution in [3.63, 3.8) is 0 Å². The fourth-order valence-corrected chi connectivity index (χ4v) is 2.96. The number of carbonyl (C=O) groups excluding carboxylic acids is 2. The third-order valence-electron chi connectivity index (χ3n) is 4.08. The number of benzene rings is 1. The zero-order valence-electron chi connectivity index (χ0n) is 13.5. The van der Waals surface area contributed by atoms with Gasteiger partial charge in [0.15, 0.2) is 0 Å². The van der Waals surface area contributed by atoms with Crippen LogP contribution in [0, 0.1) is 12.7 Å². The van der Waals surface area contributed by atoms with Gasteiger partial charge in [-0.2, -0.15) is 0 Å². The van der Waals surface area contributed by atoms with Crippen LogP contribution >= 0.6 is 0 Å². The number of alkyl carbamates (subject to hydrolysis) is 1. The summed E-state index contributed by atoms with van der Waals surface area (Å²) >= 11 is 0. The molecule has 0 bridgehead atoms. The second-order valence-electron chi connectivity index (χ2n) is 5.75. The van der Waals surface area contributed by atoms with E-state index in [9.17, 15) is 14.0 Å². The molecule has 132 valence electrons. The summed E-state index contributed by atoms with van der Waals surface area (Å²) in [5, 5.41) is 11.1. The van der Waals surface area contributed by atoms with E-state index in [0.717, 1.165) is 5.56 Å². The van der Waals surface area contributed by atoms with Crippen LogP contribution in [0.2, 0.25) is 0 Å². The van der Waals surface area contributed by atoms with Crippen LogP contribution in [0.3, 0.4) is 0 Å². The normalized spacial score (nSPS) is 20.5. The number of hydrogen-bond acceptors (Lipinski definition) is 4. The van der Waals surface area contributed by atoms with Crippen LogP contribution in [-0.4, -0.2) is 47.9 Å². The molecule has 1 aromatic carbocycles. The molecular formula is C16H22FN3O4. The summed E-state index contributed by atoms with van der Waals surface area (Å²) in [6, 6.07) is 3.41. The minimum Gasteiger partial charge on any atom is -0.446 e. The Hall–Kier alpha value is -2.35. The summed E-state index contributed by atoms with van der Waals surface area (Å²) in [7, 11) is 0. The third kappa shape index (κ3) is 4.35. The number of ether oxygens (including phenoxy) is 1. The van der Waals surface area contributed by atoms with Gasteiger partial charge >= 0.3 is 12.1 Å². The molecule has 1 heterocycles. The van der Waals surface area contributed by atoms with Gasteiger partial charge in [-0.15, -0.1) is 0 Å². The standard InChI is InChI=1S/C16H22FN3O4/c1-10-8-11(17)2-3-13(10)14-9-12(4-6-20(14)15(18)22)24-16(23)19-5-7-21/h2-3,8,12,14,21H,4-7,9H2,1H3,(H2,18,22)(H,19,23). The maximum absolute atomic E-state index is 13.3. The molecule has 1 aliphatic heterocycles. The van der Waals surface area contributed by atoms with Crippen molar-refractivity contribution in [2.24, 2.45) is 5.73 Å². The Labute approximate surface area is 139 Å². The Morgan fingerprint density at radius 1 is 1.50 bits per heavy atom. The molecule has 0 aliphatic carbocycles. The van der Waals surface area contributed by atoms with Crippen LogP contribution < -0.4 is 11.1 Å². The second kappa shape index (κ2) is 7.96. The van der Waals surface area contributed by atoms with Gasteiger partial charge in [0.1, 0.15) is 11.9 Å². The maximum atomic E-state index is 13.3. The molecule has 1 aliphatic rings. The lowest BCUT2D eigenvalue weighted by Crippen LogP contribution is -2.47. The number of aliphatic hydroxyl groups is 1. The van der Waals surface area contributed by atoms with Crippen molar-refractivity contribution in [2.45, 2.75) is 31.9 Å². The first-order chi connectivity index (χ1) is 11.4. The van der Waals surface area contributed by atoms with Crippen molar-refractivity contribution in [3.05, 3.63) is 35.1 Å². The summed E-state index contributed by atoms with van der Waals surface area (Å²) in [4.78, 5) is 24.9. The van der Waals surface area contributed by atoms with Crippen LogP contribution in [0.5, 0.6) is 0 Å². The molecule has 1 aromatic rings. The third-order valence-corrected chi connectivity index (χ3v) is 4.08. The average Bonchev–Trinajstić information content (AvgIpc) is 2.52. The van der Waals surface area contributed by atoms with Crippen molar-refractivity contribution in [1.29, 1.82) is 0 Å². The Balaban J connectivity index is 2.14.